The molecule has 0 spiro atoms. The van der Waals surface area contributed by atoms with Gasteiger partial charge in [-0.2, -0.15) is 0 Å². The van der Waals surface area contributed by atoms with Gasteiger partial charge >= 0.3 is 7.82 Å². The van der Waals surface area contributed by atoms with E-state index in [1.165, 1.54) is 69.2 Å². The third-order valence-electron chi connectivity index (χ3n) is 5.40. The quantitative estimate of drug-likeness (QED) is 0.158. The second-order valence-corrected chi connectivity index (χ2v) is 9.56. The smallest absolute Gasteiger partial charge is 0.372 e. The molecule has 0 atom stereocenters. The average Bonchev–Trinajstić information content (AvgIpc) is 2.81. The summed E-state index contributed by atoms with van der Waals surface area (Å²) in [6, 6.07) is 16.4. The second-order valence-electron chi connectivity index (χ2n) is 8.30. The maximum Gasteiger partial charge on any atom is 0.372 e. The summed E-state index contributed by atoms with van der Waals surface area (Å²) in [6.45, 7) is 16.1. The van der Waals surface area contributed by atoms with Crippen molar-refractivity contribution in [3.63, 3.8) is 0 Å². The molecule has 0 amide bonds. The highest BCUT2D eigenvalue weighted by atomic mass is 31.2. The summed E-state index contributed by atoms with van der Waals surface area (Å²) in [6.07, 6.45) is 10.2. The lowest BCUT2D eigenvalue weighted by Crippen LogP contribution is -2.50. The monoisotopic (exact) mass is 475 g/mol. The molecule has 6 heteroatoms. The summed E-state index contributed by atoms with van der Waals surface area (Å²) in [4.78, 5) is 11.6. The number of nitrogens with zero attached hydrogens (tertiary/aromatic N) is 1. The Balaban J connectivity index is 0.000000331. The van der Waals surface area contributed by atoms with Gasteiger partial charge < -0.3 is 18.4 Å². The van der Waals surface area contributed by atoms with Gasteiger partial charge in [0.25, 0.3) is 0 Å². The molecule has 0 fully saturated rings. The fourth-order valence-corrected chi connectivity index (χ4v) is 4.40. The van der Waals surface area contributed by atoms with Gasteiger partial charge in [0.2, 0.25) is 0 Å². The van der Waals surface area contributed by atoms with Crippen LogP contribution in [-0.2, 0) is 4.57 Å². The van der Waals surface area contributed by atoms with E-state index in [1.54, 1.807) is 60.7 Å². The molecule has 0 saturated heterocycles. The molecular weight excluding hydrogens is 433 g/mol. The van der Waals surface area contributed by atoms with Crippen LogP contribution in [0.4, 0.5) is 0 Å². The third kappa shape index (κ3) is 12.7. The predicted molar refractivity (Wildman–Crippen MR) is 136 cm³/mol. The molecule has 0 aromatic heterocycles. The fourth-order valence-electron chi connectivity index (χ4n) is 3.60. The number of unbranched alkanes of at least 4 members (excludes halogenated alkanes) is 3. The molecule has 2 rings (SSSR count). The number of phosphoric ester groups is 1. The summed E-state index contributed by atoms with van der Waals surface area (Å²) in [5.41, 5.74) is 0. The van der Waals surface area contributed by atoms with Gasteiger partial charge in [-0.1, -0.05) is 83.0 Å². The Bertz CT molecular complexity index is 731. The van der Waals surface area contributed by atoms with Crippen molar-refractivity contribution in [2.24, 2.45) is 0 Å². The van der Waals surface area contributed by atoms with Crippen molar-refractivity contribution in [3.8, 4) is 11.5 Å². The molecule has 0 N–H and O–H groups in total. The molecule has 33 heavy (non-hydrogen) atoms. The Morgan fingerprint density at radius 3 is 1.45 bits per heavy atom. The normalized spacial score (nSPS) is 11.3. The zero-order valence-electron chi connectivity index (χ0n) is 20.7. The molecule has 0 unspecified atom stereocenters. The first-order chi connectivity index (χ1) is 15.9. The van der Waals surface area contributed by atoms with Gasteiger partial charge in [-0.3, -0.25) is 0 Å². The van der Waals surface area contributed by atoms with Crippen molar-refractivity contribution in [1.82, 2.24) is 0 Å². The molecule has 0 bridgehead atoms. The van der Waals surface area contributed by atoms with Gasteiger partial charge in [0, 0.05) is 0 Å². The Kier molecular flexibility index (Phi) is 14.5. The van der Waals surface area contributed by atoms with Crippen molar-refractivity contribution in [2.75, 3.05) is 26.2 Å². The molecular formula is C27H42NO4P. The van der Waals surface area contributed by atoms with Crippen molar-refractivity contribution >= 4 is 7.82 Å². The maximum atomic E-state index is 11.6. The van der Waals surface area contributed by atoms with E-state index in [0.717, 1.165) is 0 Å². The van der Waals surface area contributed by atoms with E-state index in [4.69, 9.17) is 9.05 Å². The Labute approximate surface area is 201 Å². The van der Waals surface area contributed by atoms with E-state index in [9.17, 15) is 9.46 Å². The van der Waals surface area contributed by atoms with Gasteiger partial charge in [0.15, 0.2) is 0 Å². The molecule has 184 valence electrons. The highest BCUT2D eigenvalue weighted by Crippen LogP contribution is 2.40. The van der Waals surface area contributed by atoms with Crippen LogP contribution in [0.2, 0.25) is 0 Å². The largest absolute Gasteiger partial charge is 0.736 e. The number of phosphoric acid groups is 1. The van der Waals surface area contributed by atoms with Crippen LogP contribution in [0, 0.1) is 0 Å². The summed E-state index contributed by atoms with van der Waals surface area (Å²) in [5.74, 6) is 0.448. The van der Waals surface area contributed by atoms with E-state index in [-0.39, 0.29) is 11.5 Å². The summed E-state index contributed by atoms with van der Waals surface area (Å²) < 4.78 is 22.4. The molecule has 0 aliphatic rings. The van der Waals surface area contributed by atoms with Crippen LogP contribution >= 0.6 is 7.82 Å². The number of rotatable bonds is 15. The standard InChI is InChI=1S/C15H32N.C12H11O4P/c1-5-9-13-16(12-8-4,14-10-6-2)15-11-7-3;13-17(14,15-11-7-3-1-4-8-11)16-12-9-5-2-6-10-12/h8H,4-7,9-15H2,1-3H3;1-10H,(H,13,14)/q+1;/p-1. The van der Waals surface area contributed by atoms with E-state index in [2.05, 4.69) is 33.4 Å². The van der Waals surface area contributed by atoms with Crippen LogP contribution in [-0.4, -0.2) is 30.7 Å². The first kappa shape index (κ1) is 29.0. The molecule has 0 aliphatic heterocycles. The number of para-hydroxylation sites is 2. The lowest BCUT2D eigenvalue weighted by molar-refractivity contribution is -0.923. The van der Waals surface area contributed by atoms with Crippen LogP contribution in [0.1, 0.15) is 59.3 Å². The minimum absolute atomic E-state index is 0.224. The van der Waals surface area contributed by atoms with Gasteiger partial charge in [-0.15, -0.1) is 0 Å². The molecule has 0 saturated carbocycles. The highest BCUT2D eigenvalue weighted by molar-refractivity contribution is 7.46. The molecule has 5 nitrogen and oxygen atoms in total. The lowest BCUT2D eigenvalue weighted by atomic mass is 10.1. The zero-order valence-corrected chi connectivity index (χ0v) is 21.6. The highest BCUT2D eigenvalue weighted by Gasteiger charge is 2.23. The van der Waals surface area contributed by atoms with Gasteiger partial charge in [0.1, 0.15) is 11.5 Å². The minimum Gasteiger partial charge on any atom is -0.736 e. The molecule has 0 heterocycles. The molecule has 2 aromatic carbocycles. The van der Waals surface area contributed by atoms with Crippen LogP contribution in [0.15, 0.2) is 73.3 Å². The van der Waals surface area contributed by atoms with Crippen molar-refractivity contribution in [1.29, 1.82) is 0 Å². The van der Waals surface area contributed by atoms with Crippen LogP contribution in [0.25, 0.3) is 0 Å². The summed E-state index contributed by atoms with van der Waals surface area (Å²) >= 11 is 0. The third-order valence-corrected chi connectivity index (χ3v) is 6.26. The van der Waals surface area contributed by atoms with Gasteiger partial charge in [0.05, 0.1) is 26.2 Å². The topological polar surface area (TPSA) is 58.6 Å². The van der Waals surface area contributed by atoms with E-state index in [1.807, 2.05) is 0 Å². The van der Waals surface area contributed by atoms with E-state index >= 15 is 0 Å². The van der Waals surface area contributed by atoms with Crippen molar-refractivity contribution in [3.05, 3.63) is 73.3 Å². The first-order valence-corrected chi connectivity index (χ1v) is 13.6. The van der Waals surface area contributed by atoms with Crippen LogP contribution < -0.4 is 13.9 Å². The summed E-state index contributed by atoms with van der Waals surface area (Å²) in [5, 5.41) is 0. The SMILES string of the molecule is C=CC[N+](CCCC)(CCCC)CCCC.O=P([O-])(Oc1ccccc1)Oc1ccccc1. The lowest BCUT2D eigenvalue weighted by Gasteiger charge is -2.38. The van der Waals surface area contributed by atoms with Gasteiger partial charge in [-0.05, 0) is 49.6 Å². The van der Waals surface area contributed by atoms with E-state index in [0.29, 0.717) is 0 Å². The second kappa shape index (κ2) is 16.5. The first-order valence-electron chi connectivity index (χ1n) is 12.2. The number of quaternary nitrogens is 1. The minimum atomic E-state index is -4.39. The van der Waals surface area contributed by atoms with Crippen molar-refractivity contribution in [2.45, 2.75) is 59.3 Å². The Morgan fingerprint density at radius 2 is 1.15 bits per heavy atom. The van der Waals surface area contributed by atoms with Gasteiger partial charge in [-0.25, -0.2) is 4.57 Å². The number of hydrogen-bond acceptors (Lipinski definition) is 4. The number of hydrogen-bond donors (Lipinski definition) is 0. The number of benzene rings is 2. The van der Waals surface area contributed by atoms with Crippen LogP contribution in [0.5, 0.6) is 11.5 Å². The molecule has 2 aromatic rings. The Hall–Kier alpha value is -2.07. The molecule has 0 aliphatic carbocycles. The average molecular weight is 476 g/mol. The zero-order chi connectivity index (χ0) is 24.4. The van der Waals surface area contributed by atoms with Crippen LogP contribution in [0.3, 0.4) is 0 Å². The molecule has 0 radical (unpaired) electrons. The Morgan fingerprint density at radius 1 is 0.788 bits per heavy atom. The van der Waals surface area contributed by atoms with E-state index < -0.39 is 7.82 Å². The fraction of sp³-hybridized carbons (Fsp3) is 0.481. The van der Waals surface area contributed by atoms with Crippen molar-refractivity contribution < 1.29 is 23.0 Å². The summed E-state index contributed by atoms with van der Waals surface area (Å²) in [7, 11) is -4.39. The predicted octanol–water partition coefficient (Wildman–Crippen LogP) is 7.00. The maximum absolute atomic E-state index is 11.6.